The van der Waals surface area contributed by atoms with E-state index in [1.54, 1.807) is 0 Å². The smallest absolute Gasteiger partial charge is 0.0258 e. The Morgan fingerprint density at radius 1 is 1.31 bits per heavy atom. The standard InChI is InChI=1S/C13H14/c1-9(2)13-10(3)8-11-6-4-5-7-12(11)13/h4-8,13H,1H2,2-3H3. The van der Waals surface area contributed by atoms with Gasteiger partial charge < -0.3 is 0 Å². The Morgan fingerprint density at radius 3 is 2.69 bits per heavy atom. The van der Waals surface area contributed by atoms with Gasteiger partial charge in [0.05, 0.1) is 0 Å². The molecule has 1 aliphatic rings. The van der Waals surface area contributed by atoms with Crippen LogP contribution in [0.2, 0.25) is 0 Å². The zero-order chi connectivity index (χ0) is 9.42. The first-order chi connectivity index (χ1) is 6.20. The van der Waals surface area contributed by atoms with E-state index in [4.69, 9.17) is 0 Å². The summed E-state index contributed by atoms with van der Waals surface area (Å²) in [6.07, 6.45) is 2.26. The molecule has 0 amide bonds. The highest BCUT2D eigenvalue weighted by Gasteiger charge is 2.21. The summed E-state index contributed by atoms with van der Waals surface area (Å²) in [6, 6.07) is 8.55. The van der Waals surface area contributed by atoms with E-state index in [1.807, 2.05) is 0 Å². The van der Waals surface area contributed by atoms with E-state index >= 15 is 0 Å². The number of allylic oxidation sites excluding steroid dienone is 2. The minimum atomic E-state index is 0.455. The lowest BCUT2D eigenvalue weighted by Gasteiger charge is -2.13. The molecule has 1 unspecified atom stereocenters. The summed E-state index contributed by atoms with van der Waals surface area (Å²) >= 11 is 0. The maximum atomic E-state index is 4.05. The van der Waals surface area contributed by atoms with Gasteiger partial charge in [-0.3, -0.25) is 0 Å². The number of benzene rings is 1. The third kappa shape index (κ3) is 1.23. The number of hydrogen-bond acceptors (Lipinski definition) is 0. The molecule has 0 radical (unpaired) electrons. The molecule has 2 rings (SSSR count). The van der Waals surface area contributed by atoms with Crippen molar-refractivity contribution in [3.05, 3.63) is 53.1 Å². The van der Waals surface area contributed by atoms with Crippen LogP contribution in [0, 0.1) is 0 Å². The molecular formula is C13H14. The average molecular weight is 170 g/mol. The van der Waals surface area contributed by atoms with Gasteiger partial charge in [0.25, 0.3) is 0 Å². The molecule has 1 atom stereocenters. The van der Waals surface area contributed by atoms with Crippen molar-refractivity contribution < 1.29 is 0 Å². The third-order valence-electron chi connectivity index (χ3n) is 2.64. The Balaban J connectivity index is 2.55. The van der Waals surface area contributed by atoms with Crippen molar-refractivity contribution in [2.75, 3.05) is 0 Å². The topological polar surface area (TPSA) is 0 Å². The molecule has 0 aliphatic heterocycles. The molecule has 0 nitrogen and oxygen atoms in total. The van der Waals surface area contributed by atoms with Gasteiger partial charge in [0.2, 0.25) is 0 Å². The molecule has 0 fully saturated rings. The number of hydrogen-bond donors (Lipinski definition) is 0. The lowest BCUT2D eigenvalue weighted by molar-refractivity contribution is 0.951. The van der Waals surface area contributed by atoms with Gasteiger partial charge in [-0.15, -0.1) is 0 Å². The van der Waals surface area contributed by atoms with Crippen LogP contribution in [-0.2, 0) is 0 Å². The summed E-state index contributed by atoms with van der Waals surface area (Å²) in [5.41, 5.74) is 5.41. The predicted molar refractivity (Wildman–Crippen MR) is 57.6 cm³/mol. The molecule has 1 aliphatic carbocycles. The van der Waals surface area contributed by atoms with Crippen molar-refractivity contribution in [2.45, 2.75) is 19.8 Å². The van der Waals surface area contributed by atoms with Gasteiger partial charge in [-0.05, 0) is 25.0 Å². The van der Waals surface area contributed by atoms with Crippen molar-refractivity contribution >= 4 is 6.08 Å². The highest BCUT2D eigenvalue weighted by Crippen LogP contribution is 2.39. The minimum absolute atomic E-state index is 0.455. The van der Waals surface area contributed by atoms with Crippen LogP contribution in [0.3, 0.4) is 0 Å². The molecule has 0 saturated carbocycles. The quantitative estimate of drug-likeness (QED) is 0.563. The predicted octanol–water partition coefficient (Wildman–Crippen LogP) is 3.76. The molecule has 0 saturated heterocycles. The van der Waals surface area contributed by atoms with Gasteiger partial charge in [-0.2, -0.15) is 0 Å². The molecule has 0 heterocycles. The molecule has 0 aromatic heterocycles. The van der Waals surface area contributed by atoms with Crippen LogP contribution >= 0.6 is 0 Å². The fraction of sp³-hybridized carbons (Fsp3) is 0.231. The van der Waals surface area contributed by atoms with Crippen LogP contribution in [0.1, 0.15) is 30.9 Å². The van der Waals surface area contributed by atoms with Gasteiger partial charge in [-0.1, -0.05) is 48.1 Å². The minimum Gasteiger partial charge on any atom is -0.0992 e. The van der Waals surface area contributed by atoms with Crippen LogP contribution in [0.25, 0.3) is 6.08 Å². The second-order valence-corrected chi connectivity index (χ2v) is 3.80. The normalized spacial score (nSPS) is 19.5. The lowest BCUT2D eigenvalue weighted by Crippen LogP contribution is -1.96. The van der Waals surface area contributed by atoms with Gasteiger partial charge in [0, 0.05) is 5.92 Å². The molecule has 66 valence electrons. The van der Waals surface area contributed by atoms with Crippen molar-refractivity contribution in [3.8, 4) is 0 Å². The van der Waals surface area contributed by atoms with Gasteiger partial charge in [0.15, 0.2) is 0 Å². The first-order valence-corrected chi connectivity index (χ1v) is 4.62. The Labute approximate surface area is 79.6 Å². The van der Waals surface area contributed by atoms with Crippen molar-refractivity contribution in [1.29, 1.82) is 0 Å². The van der Waals surface area contributed by atoms with Crippen molar-refractivity contribution in [2.24, 2.45) is 0 Å². The SMILES string of the molecule is C=C(C)C1C(C)=Cc2ccccc21. The summed E-state index contributed by atoms with van der Waals surface area (Å²) in [6.45, 7) is 8.33. The molecule has 1 aromatic rings. The average Bonchev–Trinajstić information content (AvgIpc) is 2.39. The zero-order valence-electron chi connectivity index (χ0n) is 8.17. The lowest BCUT2D eigenvalue weighted by atomic mass is 9.91. The second-order valence-electron chi connectivity index (χ2n) is 3.80. The highest BCUT2D eigenvalue weighted by atomic mass is 14.3. The Kier molecular flexibility index (Phi) is 1.84. The van der Waals surface area contributed by atoms with E-state index in [-0.39, 0.29) is 0 Å². The van der Waals surface area contributed by atoms with Crippen molar-refractivity contribution in [3.63, 3.8) is 0 Å². The highest BCUT2D eigenvalue weighted by molar-refractivity contribution is 5.68. The Bertz CT molecular complexity index is 383. The summed E-state index contributed by atoms with van der Waals surface area (Å²) in [7, 11) is 0. The fourth-order valence-corrected chi connectivity index (χ4v) is 2.13. The molecular weight excluding hydrogens is 156 g/mol. The fourth-order valence-electron chi connectivity index (χ4n) is 2.13. The molecule has 1 aromatic carbocycles. The first-order valence-electron chi connectivity index (χ1n) is 4.62. The first kappa shape index (κ1) is 8.31. The maximum absolute atomic E-state index is 4.05. The van der Waals surface area contributed by atoms with Gasteiger partial charge >= 0.3 is 0 Å². The Hall–Kier alpha value is -1.30. The van der Waals surface area contributed by atoms with Crippen LogP contribution in [0.15, 0.2) is 42.0 Å². The molecule has 0 N–H and O–H groups in total. The number of rotatable bonds is 1. The van der Waals surface area contributed by atoms with Gasteiger partial charge in [0.1, 0.15) is 0 Å². The second kappa shape index (κ2) is 2.88. The molecule has 13 heavy (non-hydrogen) atoms. The van der Waals surface area contributed by atoms with E-state index in [0.717, 1.165) is 0 Å². The van der Waals surface area contributed by atoms with E-state index in [2.05, 4.69) is 50.8 Å². The van der Waals surface area contributed by atoms with Crippen LogP contribution in [-0.4, -0.2) is 0 Å². The van der Waals surface area contributed by atoms with E-state index in [9.17, 15) is 0 Å². The van der Waals surface area contributed by atoms with Crippen LogP contribution in [0.5, 0.6) is 0 Å². The third-order valence-corrected chi connectivity index (χ3v) is 2.64. The van der Waals surface area contributed by atoms with E-state index in [1.165, 1.54) is 22.3 Å². The summed E-state index contributed by atoms with van der Waals surface area (Å²) < 4.78 is 0. The summed E-state index contributed by atoms with van der Waals surface area (Å²) in [5, 5.41) is 0. The largest absolute Gasteiger partial charge is 0.0992 e. The molecule has 0 bridgehead atoms. The van der Waals surface area contributed by atoms with Gasteiger partial charge in [-0.25, -0.2) is 0 Å². The van der Waals surface area contributed by atoms with E-state index in [0.29, 0.717) is 5.92 Å². The Morgan fingerprint density at radius 2 is 2.00 bits per heavy atom. The summed E-state index contributed by atoms with van der Waals surface area (Å²) in [4.78, 5) is 0. The van der Waals surface area contributed by atoms with E-state index < -0.39 is 0 Å². The number of fused-ring (bicyclic) bond motifs is 1. The maximum Gasteiger partial charge on any atom is 0.0258 e. The molecule has 0 spiro atoms. The summed E-state index contributed by atoms with van der Waals surface area (Å²) in [5.74, 6) is 0.455. The van der Waals surface area contributed by atoms with Crippen LogP contribution < -0.4 is 0 Å². The molecule has 0 heteroatoms. The monoisotopic (exact) mass is 170 g/mol. The van der Waals surface area contributed by atoms with Crippen molar-refractivity contribution in [1.82, 2.24) is 0 Å². The zero-order valence-corrected chi connectivity index (χ0v) is 8.17. The van der Waals surface area contributed by atoms with Crippen LogP contribution in [0.4, 0.5) is 0 Å².